The third kappa shape index (κ3) is 3.63. The summed E-state index contributed by atoms with van der Waals surface area (Å²) in [6, 6.07) is 9.37. The molecule has 1 unspecified atom stereocenters. The molecule has 0 radical (unpaired) electrons. The average Bonchev–Trinajstić information content (AvgIpc) is 3.30. The van der Waals surface area contributed by atoms with Crippen LogP contribution in [0.4, 0.5) is 0 Å². The second kappa shape index (κ2) is 7.72. The monoisotopic (exact) mass is 401 g/mol. The van der Waals surface area contributed by atoms with Crippen molar-refractivity contribution in [1.29, 1.82) is 0 Å². The second-order valence-corrected chi connectivity index (χ2v) is 6.72. The third-order valence-electron chi connectivity index (χ3n) is 4.79. The van der Waals surface area contributed by atoms with E-state index in [0.717, 1.165) is 5.56 Å². The molecule has 11 nitrogen and oxygen atoms in total. The van der Waals surface area contributed by atoms with Crippen LogP contribution in [0.5, 0.6) is 0 Å². The molecule has 1 saturated heterocycles. The van der Waals surface area contributed by atoms with E-state index in [2.05, 4.69) is 15.3 Å². The fourth-order valence-corrected chi connectivity index (χ4v) is 3.26. The summed E-state index contributed by atoms with van der Waals surface area (Å²) >= 11 is 0. The van der Waals surface area contributed by atoms with Crippen LogP contribution in [0.3, 0.4) is 0 Å². The molecule has 3 aromatic rings. The standard InChI is InChI=1S/C18H19N5O6/c24-8-13-14(25)15(26)16(29-13)11-6-22(18(28)19-17(11)27)9-23-7-12(20-21-23)10-4-2-1-3-5-10/h1-7,13-16,24-26H,8-9H2,(H,19,27,28)/t13-,14?,15+,16+/m1/s1. The van der Waals surface area contributed by atoms with Crippen molar-refractivity contribution in [3.05, 3.63) is 69.1 Å². The van der Waals surface area contributed by atoms with Crippen molar-refractivity contribution in [2.75, 3.05) is 6.61 Å². The van der Waals surface area contributed by atoms with Crippen LogP contribution in [0, 0.1) is 0 Å². The summed E-state index contributed by atoms with van der Waals surface area (Å²) in [4.78, 5) is 26.6. The van der Waals surface area contributed by atoms with Gasteiger partial charge in [0.2, 0.25) is 0 Å². The van der Waals surface area contributed by atoms with E-state index in [1.54, 1.807) is 6.20 Å². The molecule has 0 amide bonds. The van der Waals surface area contributed by atoms with Gasteiger partial charge in [-0.3, -0.25) is 14.3 Å². The number of rotatable bonds is 5. The lowest BCUT2D eigenvalue weighted by atomic mass is 10.0. The molecule has 0 aliphatic carbocycles. The van der Waals surface area contributed by atoms with Crippen molar-refractivity contribution in [2.24, 2.45) is 0 Å². The van der Waals surface area contributed by atoms with Crippen LogP contribution >= 0.6 is 0 Å². The van der Waals surface area contributed by atoms with Gasteiger partial charge in [-0.25, -0.2) is 9.48 Å². The SMILES string of the molecule is O=c1[nH]c(=O)n(Cn2cc(-c3ccccc3)nn2)cc1[C@@H]1O[C@H](CO)C(O)[C@@H]1O. The van der Waals surface area contributed by atoms with Crippen molar-refractivity contribution >= 4 is 0 Å². The van der Waals surface area contributed by atoms with Gasteiger partial charge in [0.1, 0.15) is 36.8 Å². The Balaban J connectivity index is 1.63. The minimum absolute atomic E-state index is 0.0444. The van der Waals surface area contributed by atoms with E-state index in [9.17, 15) is 24.9 Å². The largest absolute Gasteiger partial charge is 0.394 e. The smallest absolute Gasteiger partial charge is 0.329 e. The lowest BCUT2D eigenvalue weighted by Crippen LogP contribution is -2.36. The van der Waals surface area contributed by atoms with Gasteiger partial charge in [0.25, 0.3) is 5.56 Å². The van der Waals surface area contributed by atoms with E-state index < -0.39 is 42.3 Å². The summed E-state index contributed by atoms with van der Waals surface area (Å²) in [6.45, 7) is -0.565. The van der Waals surface area contributed by atoms with Crippen LogP contribution in [0.1, 0.15) is 11.7 Å². The summed E-state index contributed by atoms with van der Waals surface area (Å²) in [5.74, 6) is 0. The third-order valence-corrected chi connectivity index (χ3v) is 4.79. The minimum Gasteiger partial charge on any atom is -0.394 e. The van der Waals surface area contributed by atoms with Gasteiger partial charge in [-0.1, -0.05) is 35.5 Å². The van der Waals surface area contributed by atoms with Gasteiger partial charge in [0.15, 0.2) is 0 Å². The topological polar surface area (TPSA) is 155 Å². The molecule has 2 aromatic heterocycles. The van der Waals surface area contributed by atoms with Crippen molar-refractivity contribution in [3.63, 3.8) is 0 Å². The van der Waals surface area contributed by atoms with Gasteiger partial charge >= 0.3 is 5.69 Å². The molecule has 3 heterocycles. The highest BCUT2D eigenvalue weighted by Gasteiger charge is 2.44. The molecule has 1 fully saturated rings. The number of benzene rings is 1. The molecule has 11 heteroatoms. The summed E-state index contributed by atoms with van der Waals surface area (Å²) in [5.41, 5.74) is 0.00827. The predicted molar refractivity (Wildman–Crippen MR) is 98.9 cm³/mol. The molecule has 0 saturated carbocycles. The lowest BCUT2D eigenvalue weighted by Gasteiger charge is -2.15. The Bertz CT molecular complexity index is 1110. The number of H-pyrrole nitrogens is 1. The molecule has 0 bridgehead atoms. The van der Waals surface area contributed by atoms with Crippen molar-refractivity contribution in [1.82, 2.24) is 24.5 Å². The molecular formula is C18H19N5O6. The molecule has 4 N–H and O–H groups in total. The minimum atomic E-state index is -1.42. The van der Waals surface area contributed by atoms with Crippen molar-refractivity contribution < 1.29 is 20.1 Å². The zero-order chi connectivity index (χ0) is 20.5. The van der Waals surface area contributed by atoms with E-state index in [1.807, 2.05) is 30.3 Å². The predicted octanol–water partition coefficient (Wildman–Crippen LogP) is -1.55. The molecule has 4 atom stereocenters. The molecule has 1 aromatic carbocycles. The summed E-state index contributed by atoms with van der Waals surface area (Å²) < 4.78 is 7.98. The Morgan fingerprint density at radius 3 is 2.55 bits per heavy atom. The first-order valence-electron chi connectivity index (χ1n) is 8.89. The maximum absolute atomic E-state index is 12.2. The highest BCUT2D eigenvalue weighted by Crippen LogP contribution is 2.31. The lowest BCUT2D eigenvalue weighted by molar-refractivity contribution is -0.0233. The molecule has 1 aliphatic heterocycles. The van der Waals surface area contributed by atoms with Gasteiger partial charge in [0, 0.05) is 11.8 Å². The summed E-state index contributed by atoms with van der Waals surface area (Å²) in [5, 5.41) is 37.4. The van der Waals surface area contributed by atoms with Gasteiger partial charge in [0.05, 0.1) is 18.4 Å². The maximum Gasteiger partial charge on any atom is 0.329 e. The number of hydrogen-bond donors (Lipinski definition) is 4. The van der Waals surface area contributed by atoms with Crippen LogP contribution < -0.4 is 11.2 Å². The fourth-order valence-electron chi connectivity index (χ4n) is 3.26. The molecule has 4 rings (SSSR count). The zero-order valence-electron chi connectivity index (χ0n) is 15.1. The van der Waals surface area contributed by atoms with Crippen molar-refractivity contribution in [3.8, 4) is 11.3 Å². The molecule has 1 aliphatic rings. The van der Waals surface area contributed by atoms with E-state index in [-0.39, 0.29) is 12.2 Å². The van der Waals surface area contributed by atoms with Crippen LogP contribution in [-0.4, -0.2) is 64.8 Å². The first-order chi connectivity index (χ1) is 14.0. The quantitative estimate of drug-likeness (QED) is 0.401. The highest BCUT2D eigenvalue weighted by atomic mass is 16.6. The van der Waals surface area contributed by atoms with Gasteiger partial charge in [-0.2, -0.15) is 0 Å². The maximum atomic E-state index is 12.2. The average molecular weight is 401 g/mol. The van der Waals surface area contributed by atoms with Gasteiger partial charge in [-0.05, 0) is 0 Å². The zero-order valence-corrected chi connectivity index (χ0v) is 15.1. The van der Waals surface area contributed by atoms with E-state index >= 15 is 0 Å². The molecule has 152 valence electrons. The van der Waals surface area contributed by atoms with Gasteiger partial charge < -0.3 is 20.1 Å². The second-order valence-electron chi connectivity index (χ2n) is 6.72. The number of aromatic nitrogens is 5. The van der Waals surface area contributed by atoms with Crippen LogP contribution in [0.15, 0.2) is 52.3 Å². The number of ether oxygens (including phenoxy) is 1. The first kappa shape index (κ1) is 19.2. The normalized spacial score (nSPS) is 24.1. The van der Waals surface area contributed by atoms with E-state index in [4.69, 9.17) is 4.74 Å². The number of aromatic amines is 1. The fraction of sp³-hybridized carbons (Fsp3) is 0.333. The molecule has 0 spiro atoms. The van der Waals surface area contributed by atoms with Crippen LogP contribution in [0.2, 0.25) is 0 Å². The number of hydrogen-bond acceptors (Lipinski definition) is 8. The van der Waals surface area contributed by atoms with Crippen LogP contribution in [-0.2, 0) is 11.4 Å². The molecular weight excluding hydrogens is 382 g/mol. The highest BCUT2D eigenvalue weighted by molar-refractivity contribution is 5.57. The number of aliphatic hydroxyl groups is 3. The van der Waals surface area contributed by atoms with Crippen LogP contribution in [0.25, 0.3) is 11.3 Å². The summed E-state index contributed by atoms with van der Waals surface area (Å²) in [7, 11) is 0. The Hall–Kier alpha value is -3.12. The van der Waals surface area contributed by atoms with Crippen molar-refractivity contribution in [2.45, 2.75) is 31.1 Å². The number of nitrogens with zero attached hydrogens (tertiary/aromatic N) is 4. The Labute approximate surface area is 163 Å². The molecule has 29 heavy (non-hydrogen) atoms. The van der Waals surface area contributed by atoms with E-state index in [1.165, 1.54) is 15.4 Å². The Kier molecular flexibility index (Phi) is 5.11. The first-order valence-corrected chi connectivity index (χ1v) is 8.89. The Morgan fingerprint density at radius 2 is 1.86 bits per heavy atom. The Morgan fingerprint density at radius 1 is 1.10 bits per heavy atom. The van der Waals surface area contributed by atoms with E-state index in [0.29, 0.717) is 5.69 Å². The number of aliphatic hydroxyl groups excluding tert-OH is 3. The number of nitrogens with one attached hydrogen (secondary N) is 1. The summed E-state index contributed by atoms with van der Waals surface area (Å²) in [6.07, 6.45) is -2.10. The van der Waals surface area contributed by atoms with Gasteiger partial charge in [-0.15, -0.1) is 5.10 Å².